The van der Waals surface area contributed by atoms with Crippen LogP contribution in [0.5, 0.6) is 0 Å². The summed E-state index contributed by atoms with van der Waals surface area (Å²) in [5.74, 6) is 0.959. The molecule has 12 nitrogen and oxygen atoms in total. The van der Waals surface area contributed by atoms with Gasteiger partial charge in [-0.25, -0.2) is 18.1 Å². The topological polar surface area (TPSA) is 163 Å². The number of hydrogen-bond donors (Lipinski definition) is 4. The fourth-order valence-electron chi connectivity index (χ4n) is 5.51. The molecule has 48 heavy (non-hydrogen) atoms. The molecule has 0 radical (unpaired) electrons. The normalized spacial score (nSPS) is 13.8. The zero-order chi connectivity index (χ0) is 34.7. The van der Waals surface area contributed by atoms with Gasteiger partial charge >= 0.3 is 0 Å². The summed E-state index contributed by atoms with van der Waals surface area (Å²) in [4.78, 5) is 37.0. The van der Waals surface area contributed by atoms with E-state index >= 15 is 0 Å². The van der Waals surface area contributed by atoms with Crippen molar-refractivity contribution in [1.29, 1.82) is 0 Å². The van der Waals surface area contributed by atoms with Gasteiger partial charge in [0.1, 0.15) is 5.82 Å². The van der Waals surface area contributed by atoms with Crippen molar-refractivity contribution in [3.05, 3.63) is 60.3 Å². The van der Waals surface area contributed by atoms with Crippen molar-refractivity contribution in [2.45, 2.75) is 89.5 Å². The summed E-state index contributed by atoms with van der Waals surface area (Å²) in [5.41, 5.74) is 7.90. The van der Waals surface area contributed by atoms with E-state index in [9.17, 15) is 18.0 Å². The Hall–Kier alpha value is -4.23. The molecule has 0 unspecified atom stereocenters. The molecule has 13 heteroatoms. The second kappa shape index (κ2) is 16.7. The molecule has 0 bridgehead atoms. The number of unbranched alkanes of at least 4 members (excludes halogenated alkanes) is 5. The number of aromatic nitrogens is 2. The number of nitrogens with two attached hydrogens (primary N) is 1. The number of rotatable bonds is 16. The van der Waals surface area contributed by atoms with Crippen molar-refractivity contribution in [3.8, 4) is 0 Å². The minimum absolute atomic E-state index is 0.165. The largest absolute Gasteiger partial charge is 0.370 e. The third kappa shape index (κ3) is 11.5. The molecular weight excluding hydrogens is 629 g/mol. The lowest BCUT2D eigenvalue weighted by molar-refractivity contribution is -0.131. The number of sulfonamides is 1. The van der Waals surface area contributed by atoms with E-state index in [4.69, 9.17) is 5.73 Å². The molecule has 2 amide bonds. The first-order valence-corrected chi connectivity index (χ1v) is 18.2. The molecule has 5 N–H and O–H groups in total. The third-order valence-electron chi connectivity index (χ3n) is 8.00. The van der Waals surface area contributed by atoms with E-state index in [0.29, 0.717) is 43.4 Å². The highest BCUT2D eigenvalue weighted by molar-refractivity contribution is 7.89. The maximum Gasteiger partial charge on any atom is 0.241 e. The summed E-state index contributed by atoms with van der Waals surface area (Å²) < 4.78 is 28.3. The van der Waals surface area contributed by atoms with E-state index in [-0.39, 0.29) is 16.7 Å². The Morgan fingerprint density at radius 2 is 1.50 bits per heavy atom. The van der Waals surface area contributed by atoms with E-state index in [2.05, 4.69) is 30.2 Å². The summed E-state index contributed by atoms with van der Waals surface area (Å²) in [6, 6.07) is 14.7. The first-order chi connectivity index (χ1) is 22.8. The van der Waals surface area contributed by atoms with Gasteiger partial charge < -0.3 is 26.2 Å². The van der Waals surface area contributed by atoms with Gasteiger partial charge in [-0.05, 0) is 83.0 Å². The van der Waals surface area contributed by atoms with Crippen molar-refractivity contribution in [2.75, 3.05) is 41.7 Å². The van der Waals surface area contributed by atoms with Gasteiger partial charge in [0, 0.05) is 73.4 Å². The van der Waals surface area contributed by atoms with E-state index < -0.39 is 15.6 Å². The minimum Gasteiger partial charge on any atom is -0.370 e. The van der Waals surface area contributed by atoms with E-state index in [1.807, 2.05) is 36.1 Å². The van der Waals surface area contributed by atoms with E-state index in [1.165, 1.54) is 0 Å². The van der Waals surface area contributed by atoms with Gasteiger partial charge in [-0.1, -0.05) is 31.7 Å². The molecule has 1 aliphatic rings. The summed E-state index contributed by atoms with van der Waals surface area (Å²) in [7, 11) is -3.69. The number of primary amides is 1. The summed E-state index contributed by atoms with van der Waals surface area (Å²) in [6.45, 7) is 10.3. The van der Waals surface area contributed by atoms with Gasteiger partial charge in [-0.15, -0.1) is 0 Å². The molecule has 0 saturated carbocycles. The van der Waals surface area contributed by atoms with Crippen LogP contribution in [0, 0.1) is 6.92 Å². The maximum atomic E-state index is 12.8. The highest BCUT2D eigenvalue weighted by Crippen LogP contribution is 2.25. The number of nitrogens with zero attached hydrogens (tertiary/aromatic N) is 4. The van der Waals surface area contributed by atoms with Crippen LogP contribution in [0.2, 0.25) is 0 Å². The van der Waals surface area contributed by atoms with Crippen molar-refractivity contribution in [1.82, 2.24) is 19.6 Å². The van der Waals surface area contributed by atoms with Crippen LogP contribution in [0.3, 0.4) is 0 Å². The monoisotopic (exact) mass is 678 g/mol. The molecule has 1 fully saturated rings. The molecule has 1 aromatic heterocycles. The highest BCUT2D eigenvalue weighted by Gasteiger charge is 2.23. The molecule has 3 aromatic rings. The number of amides is 2. The van der Waals surface area contributed by atoms with Crippen LogP contribution in [-0.4, -0.2) is 66.8 Å². The van der Waals surface area contributed by atoms with Crippen LogP contribution >= 0.6 is 0 Å². The molecule has 0 atom stereocenters. The fraction of sp³-hybridized carbons (Fsp3) is 0.486. The van der Waals surface area contributed by atoms with Crippen molar-refractivity contribution in [2.24, 2.45) is 5.73 Å². The smallest absolute Gasteiger partial charge is 0.241 e. The zero-order valence-electron chi connectivity index (χ0n) is 28.6. The molecule has 2 aromatic carbocycles. The third-order valence-corrected chi connectivity index (χ3v) is 9.76. The van der Waals surface area contributed by atoms with Gasteiger partial charge in [0.25, 0.3) is 0 Å². The van der Waals surface area contributed by atoms with Crippen LogP contribution in [-0.2, 0) is 19.6 Å². The number of benzene rings is 2. The van der Waals surface area contributed by atoms with Crippen LogP contribution in [0.25, 0.3) is 0 Å². The first kappa shape index (κ1) is 36.6. The number of carbonyl (C=O) groups excluding carboxylic acids is 2. The molecule has 1 saturated heterocycles. The second-order valence-corrected chi connectivity index (χ2v) is 15.0. The number of nitrogens with one attached hydrogen (secondary N) is 3. The SMILES string of the molecule is Cc1cnc(Nc2ccc(N3CCN(C(=O)CCCCCCCCC(N)=O)CC3)cc2)nc1Nc1cccc(S(=O)(=O)NC(C)(C)C)c1. The number of aryl methyl sites for hydroxylation is 1. The summed E-state index contributed by atoms with van der Waals surface area (Å²) in [5, 5.41) is 6.49. The maximum absolute atomic E-state index is 12.8. The molecular formula is C35H50N8O4S. The quantitative estimate of drug-likeness (QED) is 0.141. The number of carbonyl (C=O) groups is 2. The number of anilines is 5. The summed E-state index contributed by atoms with van der Waals surface area (Å²) >= 11 is 0. The standard InChI is InChI=1S/C35H50N8O4S/c1-26-25-37-34(40-33(26)38-28-12-11-13-30(24-28)48(46,47)41-35(2,3)4)39-27-16-18-29(19-17-27)42-20-22-43(23-21-42)32(45)15-10-8-6-5-7-9-14-31(36)44/h11-13,16-19,24-25,41H,5-10,14-15,20-23H2,1-4H3,(H2,36,44)(H2,37,38,39,40). The lowest BCUT2D eigenvalue weighted by Gasteiger charge is -2.36. The van der Waals surface area contributed by atoms with E-state index in [1.54, 1.807) is 51.2 Å². The molecule has 0 aliphatic carbocycles. The molecule has 1 aliphatic heterocycles. The van der Waals surface area contributed by atoms with Gasteiger partial charge in [0.15, 0.2) is 0 Å². The molecule has 260 valence electrons. The second-order valence-electron chi connectivity index (χ2n) is 13.4. The number of hydrogen-bond acceptors (Lipinski definition) is 9. The van der Waals surface area contributed by atoms with Crippen molar-refractivity contribution >= 4 is 50.7 Å². The highest BCUT2D eigenvalue weighted by atomic mass is 32.2. The fourth-order valence-corrected chi connectivity index (χ4v) is 6.97. The predicted molar refractivity (Wildman–Crippen MR) is 191 cm³/mol. The predicted octanol–water partition coefficient (Wildman–Crippen LogP) is 5.60. The van der Waals surface area contributed by atoms with Crippen LogP contribution in [0.1, 0.15) is 77.7 Å². The Kier molecular flexibility index (Phi) is 12.8. The Morgan fingerprint density at radius 1 is 0.854 bits per heavy atom. The average Bonchev–Trinajstić information content (AvgIpc) is 3.03. The van der Waals surface area contributed by atoms with Crippen molar-refractivity contribution < 1.29 is 18.0 Å². The van der Waals surface area contributed by atoms with Gasteiger partial charge in [-0.2, -0.15) is 4.98 Å². The summed E-state index contributed by atoms with van der Waals surface area (Å²) in [6.07, 6.45) is 8.71. The average molecular weight is 679 g/mol. The minimum atomic E-state index is -3.69. The molecule has 0 spiro atoms. The van der Waals surface area contributed by atoms with Crippen molar-refractivity contribution in [3.63, 3.8) is 0 Å². The first-order valence-electron chi connectivity index (χ1n) is 16.7. The van der Waals surface area contributed by atoms with Gasteiger partial charge in [0.05, 0.1) is 4.90 Å². The lowest BCUT2D eigenvalue weighted by atomic mass is 10.1. The van der Waals surface area contributed by atoms with Gasteiger partial charge in [0.2, 0.25) is 27.8 Å². The van der Waals surface area contributed by atoms with Gasteiger partial charge in [-0.3, -0.25) is 9.59 Å². The molecule has 4 rings (SSSR count). The number of piperazine rings is 1. The Morgan fingerprint density at radius 3 is 2.15 bits per heavy atom. The van der Waals surface area contributed by atoms with E-state index in [0.717, 1.165) is 68.6 Å². The zero-order valence-corrected chi connectivity index (χ0v) is 29.4. The van der Waals surface area contributed by atoms with Crippen LogP contribution in [0.4, 0.5) is 28.8 Å². The molecule has 2 heterocycles. The lowest BCUT2D eigenvalue weighted by Crippen LogP contribution is -2.48. The van der Waals surface area contributed by atoms with Crippen LogP contribution < -0.4 is 26.0 Å². The Labute approximate surface area is 285 Å². The van der Waals surface area contributed by atoms with Crippen LogP contribution in [0.15, 0.2) is 59.6 Å². The Bertz CT molecular complexity index is 1630. The Balaban J connectivity index is 1.25.